The Morgan fingerprint density at radius 1 is 1.14 bits per heavy atom. The summed E-state index contributed by atoms with van der Waals surface area (Å²) in [4.78, 5) is 12.5. The van der Waals surface area contributed by atoms with Gasteiger partial charge in [0.05, 0.1) is 18.2 Å². The molecule has 7 nitrogen and oxygen atoms in total. The van der Waals surface area contributed by atoms with Gasteiger partial charge in [0.25, 0.3) is 0 Å². The summed E-state index contributed by atoms with van der Waals surface area (Å²) in [6.07, 6.45) is -0.773. The van der Waals surface area contributed by atoms with Crippen molar-refractivity contribution < 1.29 is 19.8 Å². The first kappa shape index (κ1) is 20.7. The van der Waals surface area contributed by atoms with E-state index < -0.39 is 17.6 Å². The molecule has 0 saturated heterocycles. The number of nitrogens with one attached hydrogen (secondary N) is 1. The molecule has 0 aliphatic rings. The first-order valence-electron chi connectivity index (χ1n) is 9.30. The highest BCUT2D eigenvalue weighted by Crippen LogP contribution is 2.28. The minimum absolute atomic E-state index is 0.0209. The van der Waals surface area contributed by atoms with E-state index in [1.54, 1.807) is 40.0 Å². The van der Waals surface area contributed by atoms with E-state index in [2.05, 4.69) is 5.32 Å². The van der Waals surface area contributed by atoms with Gasteiger partial charge in [-0.05, 0) is 44.0 Å². The van der Waals surface area contributed by atoms with Gasteiger partial charge in [-0.2, -0.15) is 0 Å². The molecule has 3 N–H and O–H groups in total. The van der Waals surface area contributed by atoms with Crippen molar-refractivity contribution in [1.82, 2.24) is 4.73 Å². The van der Waals surface area contributed by atoms with Crippen LogP contribution in [-0.4, -0.2) is 34.2 Å². The van der Waals surface area contributed by atoms with Crippen molar-refractivity contribution in [2.24, 2.45) is 0 Å². The zero-order valence-electron chi connectivity index (χ0n) is 17.0. The van der Waals surface area contributed by atoms with E-state index in [9.17, 15) is 15.1 Å². The quantitative estimate of drug-likeness (QED) is 0.436. The number of ether oxygens (including phenoxy) is 2. The Kier molecular flexibility index (Phi) is 5.81. The van der Waals surface area contributed by atoms with Gasteiger partial charge >= 0.3 is 5.56 Å². The van der Waals surface area contributed by atoms with Crippen LogP contribution in [0.25, 0.3) is 10.9 Å². The molecule has 1 aromatic heterocycles. The molecule has 0 fully saturated rings. The summed E-state index contributed by atoms with van der Waals surface area (Å²) >= 11 is 0. The topological polar surface area (TPSA) is 93.0 Å². The van der Waals surface area contributed by atoms with Crippen LogP contribution >= 0.6 is 0 Å². The Morgan fingerprint density at radius 3 is 2.45 bits per heavy atom. The average molecular weight is 398 g/mol. The maximum absolute atomic E-state index is 12.5. The molecule has 154 valence electrons. The number of rotatable bonds is 6. The van der Waals surface area contributed by atoms with Gasteiger partial charge < -0.3 is 25.1 Å². The van der Waals surface area contributed by atoms with Crippen LogP contribution in [0.5, 0.6) is 5.75 Å². The third kappa shape index (κ3) is 4.88. The number of aromatic nitrogens is 1. The molecule has 0 aliphatic carbocycles. The van der Waals surface area contributed by atoms with Gasteiger partial charge in [-0.15, -0.1) is 4.73 Å². The maximum Gasteiger partial charge on any atom is 0.306 e. The van der Waals surface area contributed by atoms with E-state index in [1.165, 1.54) is 0 Å². The van der Waals surface area contributed by atoms with Gasteiger partial charge in [-0.1, -0.05) is 30.3 Å². The largest absolute Gasteiger partial charge is 0.496 e. The molecule has 1 atom stereocenters. The Labute approximate surface area is 169 Å². The summed E-state index contributed by atoms with van der Waals surface area (Å²) in [5.41, 5.74) is 1.02. The number of aliphatic hydroxyl groups excluding tert-OH is 1. The van der Waals surface area contributed by atoms with Crippen LogP contribution in [0.3, 0.4) is 0 Å². The fourth-order valence-electron chi connectivity index (χ4n) is 3.12. The van der Waals surface area contributed by atoms with Crippen molar-refractivity contribution in [2.45, 2.75) is 39.2 Å². The zero-order valence-corrected chi connectivity index (χ0v) is 17.0. The number of hydrogen-bond acceptors (Lipinski definition) is 6. The van der Waals surface area contributed by atoms with Gasteiger partial charge in [0, 0.05) is 17.9 Å². The minimum Gasteiger partial charge on any atom is -0.496 e. The smallest absolute Gasteiger partial charge is 0.306 e. The minimum atomic E-state index is -1.40. The van der Waals surface area contributed by atoms with E-state index in [4.69, 9.17) is 9.47 Å². The Hall–Kier alpha value is -3.03. The van der Waals surface area contributed by atoms with E-state index in [1.807, 2.05) is 36.4 Å². The molecule has 0 saturated carbocycles. The second-order valence-electron chi connectivity index (χ2n) is 7.79. The van der Waals surface area contributed by atoms with Crippen LogP contribution in [-0.2, 0) is 11.2 Å². The SMILES string of the molecule is COc1cc2c(cc1Cc1ccccc1)cc(NC(O)OC(C)(C)C)c(=O)n2O. The van der Waals surface area contributed by atoms with E-state index in [0.717, 1.165) is 11.1 Å². The third-order valence-electron chi connectivity index (χ3n) is 4.36. The summed E-state index contributed by atoms with van der Waals surface area (Å²) in [5, 5.41) is 23.7. The molecule has 0 radical (unpaired) electrons. The second-order valence-corrected chi connectivity index (χ2v) is 7.79. The number of methoxy groups -OCH3 is 1. The molecular weight excluding hydrogens is 372 g/mol. The molecule has 3 aromatic rings. The number of nitrogens with zero attached hydrogens (tertiary/aromatic N) is 1. The number of pyridine rings is 1. The van der Waals surface area contributed by atoms with Crippen molar-refractivity contribution in [1.29, 1.82) is 0 Å². The standard InChI is InChI=1S/C22H26N2O5/c1-22(2,3)29-21(26)23-17-12-15-11-16(10-14-8-6-5-7-9-14)19(28-4)13-18(15)24(27)20(17)25/h5-9,11-13,21,23,26-27H,10H2,1-4H3. The summed E-state index contributed by atoms with van der Waals surface area (Å²) in [7, 11) is 1.55. The molecule has 0 amide bonds. The predicted octanol–water partition coefficient (Wildman–Crippen LogP) is 3.34. The van der Waals surface area contributed by atoms with Crippen LogP contribution < -0.4 is 15.6 Å². The van der Waals surface area contributed by atoms with Crippen molar-refractivity contribution >= 4 is 16.6 Å². The highest BCUT2D eigenvalue weighted by Gasteiger charge is 2.19. The second kappa shape index (κ2) is 8.14. The van der Waals surface area contributed by atoms with Crippen molar-refractivity contribution in [2.75, 3.05) is 12.4 Å². The Bertz CT molecular complexity index is 1050. The van der Waals surface area contributed by atoms with E-state index in [0.29, 0.717) is 27.8 Å². The monoisotopic (exact) mass is 398 g/mol. The zero-order chi connectivity index (χ0) is 21.2. The van der Waals surface area contributed by atoms with Crippen LogP contribution in [0.2, 0.25) is 0 Å². The van der Waals surface area contributed by atoms with Crippen LogP contribution in [0.4, 0.5) is 5.69 Å². The number of aliphatic hydroxyl groups is 1. The fourth-order valence-corrected chi connectivity index (χ4v) is 3.12. The molecule has 7 heteroatoms. The highest BCUT2D eigenvalue weighted by atomic mass is 16.6. The van der Waals surface area contributed by atoms with Crippen molar-refractivity contribution in [3.63, 3.8) is 0 Å². The molecule has 0 spiro atoms. The molecule has 1 heterocycles. The summed E-state index contributed by atoms with van der Waals surface area (Å²) < 4.78 is 11.4. The van der Waals surface area contributed by atoms with Crippen LogP contribution in [0.15, 0.2) is 53.3 Å². The van der Waals surface area contributed by atoms with Gasteiger partial charge in [0.2, 0.25) is 6.41 Å². The lowest BCUT2D eigenvalue weighted by Crippen LogP contribution is -2.35. The molecular formula is C22H26N2O5. The average Bonchev–Trinajstić information content (AvgIpc) is 2.65. The van der Waals surface area contributed by atoms with Crippen LogP contribution in [0.1, 0.15) is 31.9 Å². The maximum atomic E-state index is 12.5. The molecule has 1 unspecified atom stereocenters. The number of benzene rings is 2. The van der Waals surface area contributed by atoms with Gasteiger partial charge in [-0.25, -0.2) is 0 Å². The summed E-state index contributed by atoms with van der Waals surface area (Å²) in [6.45, 7) is 5.35. The van der Waals surface area contributed by atoms with E-state index in [-0.39, 0.29) is 5.69 Å². The van der Waals surface area contributed by atoms with Gasteiger partial charge in [-0.3, -0.25) is 4.79 Å². The Morgan fingerprint density at radius 2 is 1.83 bits per heavy atom. The number of hydrogen-bond donors (Lipinski definition) is 3. The highest BCUT2D eigenvalue weighted by molar-refractivity contribution is 5.84. The van der Waals surface area contributed by atoms with Gasteiger partial charge in [0.1, 0.15) is 11.4 Å². The lowest BCUT2D eigenvalue weighted by Gasteiger charge is -2.24. The van der Waals surface area contributed by atoms with E-state index >= 15 is 0 Å². The summed E-state index contributed by atoms with van der Waals surface area (Å²) in [6, 6.07) is 15.0. The number of fused-ring (bicyclic) bond motifs is 1. The lowest BCUT2D eigenvalue weighted by atomic mass is 10.0. The van der Waals surface area contributed by atoms with Crippen LogP contribution in [0, 0.1) is 0 Å². The first-order valence-corrected chi connectivity index (χ1v) is 9.30. The van der Waals surface area contributed by atoms with Gasteiger partial charge in [0.15, 0.2) is 0 Å². The lowest BCUT2D eigenvalue weighted by molar-refractivity contribution is -0.148. The molecule has 3 rings (SSSR count). The molecule has 29 heavy (non-hydrogen) atoms. The first-order chi connectivity index (χ1) is 13.7. The normalized spacial score (nSPS) is 12.7. The predicted molar refractivity (Wildman–Crippen MR) is 112 cm³/mol. The van der Waals surface area contributed by atoms with Crippen molar-refractivity contribution in [3.8, 4) is 5.75 Å². The fraction of sp³-hybridized carbons (Fsp3) is 0.318. The Balaban J connectivity index is 2.03. The third-order valence-corrected chi connectivity index (χ3v) is 4.36. The molecule has 0 aliphatic heterocycles. The van der Waals surface area contributed by atoms with Crippen molar-refractivity contribution in [3.05, 3.63) is 70.0 Å². The number of anilines is 1. The molecule has 0 bridgehead atoms. The summed E-state index contributed by atoms with van der Waals surface area (Å²) in [5.74, 6) is 0.570. The molecule has 2 aromatic carbocycles.